The Labute approximate surface area is 142 Å². The predicted octanol–water partition coefficient (Wildman–Crippen LogP) is 2.81. The van der Waals surface area contributed by atoms with Crippen LogP contribution in [0.1, 0.15) is 15.9 Å². The van der Waals surface area contributed by atoms with Gasteiger partial charge in [-0.25, -0.2) is 0 Å². The lowest BCUT2D eigenvalue weighted by Crippen LogP contribution is -2.16. The van der Waals surface area contributed by atoms with E-state index in [0.29, 0.717) is 36.0 Å². The Bertz CT molecular complexity index is 711. The Kier molecular flexibility index (Phi) is 5.01. The van der Waals surface area contributed by atoms with Crippen molar-refractivity contribution < 1.29 is 14.3 Å². The molecule has 3 rings (SSSR count). The van der Waals surface area contributed by atoms with Gasteiger partial charge in [-0.05, 0) is 50.3 Å². The number of amides is 1. The summed E-state index contributed by atoms with van der Waals surface area (Å²) in [7, 11) is 4.10. The van der Waals surface area contributed by atoms with Crippen LogP contribution in [0, 0.1) is 0 Å². The Hall–Kier alpha value is -2.53. The van der Waals surface area contributed by atoms with Crippen LogP contribution in [-0.2, 0) is 6.42 Å². The summed E-state index contributed by atoms with van der Waals surface area (Å²) in [4.78, 5) is 14.5. The molecule has 24 heavy (non-hydrogen) atoms. The summed E-state index contributed by atoms with van der Waals surface area (Å²) in [5.74, 6) is 1.24. The summed E-state index contributed by atoms with van der Waals surface area (Å²) >= 11 is 0. The van der Waals surface area contributed by atoms with Gasteiger partial charge in [0.1, 0.15) is 13.2 Å². The molecule has 0 fully saturated rings. The van der Waals surface area contributed by atoms with Crippen LogP contribution in [-0.4, -0.2) is 44.7 Å². The molecule has 1 N–H and O–H groups in total. The van der Waals surface area contributed by atoms with Crippen molar-refractivity contribution in [2.75, 3.05) is 39.2 Å². The fraction of sp³-hybridized carbons (Fsp3) is 0.316. The normalized spacial score (nSPS) is 13.0. The number of nitrogens with zero attached hydrogens (tertiary/aromatic N) is 1. The van der Waals surface area contributed by atoms with Crippen LogP contribution < -0.4 is 14.8 Å². The minimum Gasteiger partial charge on any atom is -0.486 e. The third-order valence-electron chi connectivity index (χ3n) is 3.86. The fourth-order valence-corrected chi connectivity index (χ4v) is 2.50. The van der Waals surface area contributed by atoms with Gasteiger partial charge in [0.25, 0.3) is 5.91 Å². The molecule has 5 nitrogen and oxygen atoms in total. The molecule has 1 amide bonds. The first-order valence-electron chi connectivity index (χ1n) is 8.06. The quantitative estimate of drug-likeness (QED) is 0.918. The second kappa shape index (κ2) is 7.36. The van der Waals surface area contributed by atoms with Crippen molar-refractivity contribution in [3.63, 3.8) is 0 Å². The van der Waals surface area contributed by atoms with Crippen LogP contribution in [0.15, 0.2) is 42.5 Å². The number of fused-ring (bicyclic) bond motifs is 1. The zero-order valence-electron chi connectivity index (χ0n) is 14.0. The molecule has 2 aromatic carbocycles. The van der Waals surface area contributed by atoms with E-state index in [9.17, 15) is 4.79 Å². The van der Waals surface area contributed by atoms with E-state index in [1.165, 1.54) is 5.56 Å². The van der Waals surface area contributed by atoms with Crippen molar-refractivity contribution in [1.82, 2.24) is 4.90 Å². The summed E-state index contributed by atoms with van der Waals surface area (Å²) in [6.07, 6.45) is 0.969. The Morgan fingerprint density at radius 1 is 1.04 bits per heavy atom. The molecule has 1 aliphatic rings. The van der Waals surface area contributed by atoms with Gasteiger partial charge in [0.15, 0.2) is 11.5 Å². The van der Waals surface area contributed by atoms with E-state index in [-0.39, 0.29) is 5.91 Å². The topological polar surface area (TPSA) is 50.8 Å². The van der Waals surface area contributed by atoms with Gasteiger partial charge in [-0.15, -0.1) is 0 Å². The van der Waals surface area contributed by atoms with Crippen molar-refractivity contribution in [1.29, 1.82) is 0 Å². The lowest BCUT2D eigenvalue weighted by atomic mass is 10.1. The summed E-state index contributed by atoms with van der Waals surface area (Å²) in [5.41, 5.74) is 2.55. The number of carbonyl (C=O) groups is 1. The smallest absolute Gasteiger partial charge is 0.255 e. The molecule has 0 saturated heterocycles. The summed E-state index contributed by atoms with van der Waals surface area (Å²) in [5, 5.41) is 2.90. The number of likely N-dealkylation sites (N-methyl/N-ethyl adjacent to an activating group) is 1. The molecular formula is C19H22N2O3. The van der Waals surface area contributed by atoms with Crippen molar-refractivity contribution in [3.8, 4) is 11.5 Å². The SMILES string of the molecule is CN(C)CCc1ccc(C(=O)Nc2ccc3c(c2)OCCO3)cc1. The monoisotopic (exact) mass is 326 g/mol. The average Bonchev–Trinajstić information content (AvgIpc) is 2.60. The number of hydrogen-bond acceptors (Lipinski definition) is 4. The maximum absolute atomic E-state index is 12.4. The van der Waals surface area contributed by atoms with E-state index >= 15 is 0 Å². The van der Waals surface area contributed by atoms with Gasteiger partial charge < -0.3 is 19.7 Å². The van der Waals surface area contributed by atoms with Crippen LogP contribution in [0.4, 0.5) is 5.69 Å². The summed E-state index contributed by atoms with van der Waals surface area (Å²) in [6.45, 7) is 2.07. The molecular weight excluding hydrogens is 304 g/mol. The first kappa shape index (κ1) is 16.3. The molecule has 0 radical (unpaired) electrons. The minimum absolute atomic E-state index is 0.133. The number of ether oxygens (including phenoxy) is 2. The molecule has 5 heteroatoms. The Balaban J connectivity index is 1.64. The number of rotatable bonds is 5. The zero-order chi connectivity index (χ0) is 16.9. The molecule has 0 atom stereocenters. The molecule has 2 aromatic rings. The van der Waals surface area contributed by atoms with Crippen LogP contribution in [0.3, 0.4) is 0 Å². The summed E-state index contributed by atoms with van der Waals surface area (Å²) in [6, 6.07) is 13.1. The molecule has 0 saturated carbocycles. The van der Waals surface area contributed by atoms with E-state index in [1.54, 1.807) is 6.07 Å². The van der Waals surface area contributed by atoms with E-state index in [2.05, 4.69) is 24.3 Å². The van der Waals surface area contributed by atoms with E-state index in [4.69, 9.17) is 9.47 Å². The number of carbonyl (C=O) groups excluding carboxylic acids is 1. The fourth-order valence-electron chi connectivity index (χ4n) is 2.50. The largest absolute Gasteiger partial charge is 0.486 e. The molecule has 0 aliphatic carbocycles. The van der Waals surface area contributed by atoms with Crippen LogP contribution in [0.5, 0.6) is 11.5 Å². The third-order valence-corrected chi connectivity index (χ3v) is 3.86. The molecule has 126 valence electrons. The number of anilines is 1. The molecule has 0 bridgehead atoms. The highest BCUT2D eigenvalue weighted by Gasteiger charge is 2.13. The number of hydrogen-bond donors (Lipinski definition) is 1. The minimum atomic E-state index is -0.133. The second-order valence-corrected chi connectivity index (χ2v) is 6.06. The molecule has 1 aliphatic heterocycles. The molecule has 1 heterocycles. The summed E-state index contributed by atoms with van der Waals surface area (Å²) < 4.78 is 11.0. The van der Waals surface area contributed by atoms with Gasteiger partial charge in [-0.2, -0.15) is 0 Å². The lowest BCUT2D eigenvalue weighted by Gasteiger charge is -2.19. The molecule has 0 spiro atoms. The second-order valence-electron chi connectivity index (χ2n) is 6.06. The van der Waals surface area contributed by atoms with Gasteiger partial charge in [0.2, 0.25) is 0 Å². The van der Waals surface area contributed by atoms with E-state index in [0.717, 1.165) is 13.0 Å². The van der Waals surface area contributed by atoms with Gasteiger partial charge in [0, 0.05) is 23.9 Å². The number of benzene rings is 2. The van der Waals surface area contributed by atoms with Crippen molar-refractivity contribution >= 4 is 11.6 Å². The standard InChI is InChI=1S/C19H22N2O3/c1-21(2)10-9-14-3-5-15(6-4-14)19(22)20-16-7-8-17-18(13-16)24-12-11-23-17/h3-8,13H,9-12H2,1-2H3,(H,20,22). The van der Waals surface area contributed by atoms with Crippen molar-refractivity contribution in [2.24, 2.45) is 0 Å². The predicted molar refractivity (Wildman–Crippen MR) is 94.1 cm³/mol. The van der Waals surface area contributed by atoms with E-state index in [1.807, 2.05) is 36.4 Å². The van der Waals surface area contributed by atoms with Gasteiger partial charge >= 0.3 is 0 Å². The van der Waals surface area contributed by atoms with Crippen LogP contribution in [0.2, 0.25) is 0 Å². The van der Waals surface area contributed by atoms with E-state index < -0.39 is 0 Å². The zero-order valence-corrected chi connectivity index (χ0v) is 14.0. The maximum Gasteiger partial charge on any atom is 0.255 e. The van der Waals surface area contributed by atoms with Crippen LogP contribution in [0.25, 0.3) is 0 Å². The highest BCUT2D eigenvalue weighted by molar-refractivity contribution is 6.04. The molecule has 0 aromatic heterocycles. The van der Waals surface area contributed by atoms with Crippen LogP contribution >= 0.6 is 0 Å². The average molecular weight is 326 g/mol. The maximum atomic E-state index is 12.4. The lowest BCUT2D eigenvalue weighted by molar-refractivity contribution is 0.102. The van der Waals surface area contributed by atoms with Gasteiger partial charge in [-0.3, -0.25) is 4.79 Å². The molecule has 0 unspecified atom stereocenters. The van der Waals surface area contributed by atoms with Gasteiger partial charge in [-0.1, -0.05) is 12.1 Å². The van der Waals surface area contributed by atoms with Crippen molar-refractivity contribution in [2.45, 2.75) is 6.42 Å². The van der Waals surface area contributed by atoms with Gasteiger partial charge in [0.05, 0.1) is 0 Å². The first-order valence-corrected chi connectivity index (χ1v) is 8.06. The highest BCUT2D eigenvalue weighted by Crippen LogP contribution is 2.32. The highest BCUT2D eigenvalue weighted by atomic mass is 16.6. The van der Waals surface area contributed by atoms with Crippen molar-refractivity contribution in [3.05, 3.63) is 53.6 Å². The third kappa shape index (κ3) is 4.06. The first-order chi connectivity index (χ1) is 11.6. The Morgan fingerprint density at radius 3 is 2.46 bits per heavy atom. The Morgan fingerprint density at radius 2 is 1.75 bits per heavy atom. The number of nitrogens with one attached hydrogen (secondary N) is 1.